The number of aliphatic imine (C=N–C) groups is 1. The minimum absolute atomic E-state index is 0.0768. The third-order valence-corrected chi connectivity index (χ3v) is 8.09. The number of carbonyl (C=O) groups excluding carboxylic acids is 1. The van der Waals surface area contributed by atoms with E-state index >= 15 is 0 Å². The van der Waals surface area contributed by atoms with Gasteiger partial charge in [-0.15, -0.1) is 0 Å². The SMILES string of the molecule is C=Nc1[nH]ccc1/C(=C\C)c1cc(Cl)cc2c1OC(C(=O)N1CCC(O)(c3cccc4ncccc34)CC1)C2. The molecule has 1 fully saturated rings. The summed E-state index contributed by atoms with van der Waals surface area (Å²) >= 11 is 6.52. The first kappa shape index (κ1) is 25.3. The lowest BCUT2D eigenvalue weighted by Gasteiger charge is -2.39. The Bertz CT molecular complexity index is 1610. The molecule has 1 atom stereocenters. The number of benzene rings is 2. The maximum atomic E-state index is 13.6. The molecule has 0 bridgehead atoms. The summed E-state index contributed by atoms with van der Waals surface area (Å²) in [6.07, 6.45) is 6.22. The largest absolute Gasteiger partial charge is 0.479 e. The van der Waals surface area contributed by atoms with E-state index in [-0.39, 0.29) is 5.91 Å². The number of H-pyrrole nitrogens is 1. The Kier molecular flexibility index (Phi) is 6.49. The van der Waals surface area contributed by atoms with Gasteiger partial charge in [0.1, 0.15) is 11.6 Å². The van der Waals surface area contributed by atoms with Gasteiger partial charge in [0.25, 0.3) is 5.91 Å². The number of carbonyl (C=O) groups is 1. The molecule has 1 saturated heterocycles. The Morgan fingerprint density at radius 2 is 2.05 bits per heavy atom. The van der Waals surface area contributed by atoms with Gasteiger partial charge in [-0.1, -0.05) is 35.9 Å². The number of amides is 1. The number of halogens is 1. The van der Waals surface area contributed by atoms with Crippen molar-refractivity contribution in [1.82, 2.24) is 14.9 Å². The van der Waals surface area contributed by atoms with Crippen LogP contribution in [0.1, 0.15) is 42.0 Å². The smallest absolute Gasteiger partial charge is 0.263 e. The zero-order valence-corrected chi connectivity index (χ0v) is 22.4. The van der Waals surface area contributed by atoms with Crippen LogP contribution in [0.4, 0.5) is 5.82 Å². The number of rotatable bonds is 5. The van der Waals surface area contributed by atoms with Crippen LogP contribution in [0, 0.1) is 0 Å². The molecule has 198 valence electrons. The highest BCUT2D eigenvalue weighted by molar-refractivity contribution is 6.31. The second-order valence-electron chi connectivity index (χ2n) is 10.1. The van der Waals surface area contributed by atoms with E-state index in [9.17, 15) is 9.90 Å². The van der Waals surface area contributed by atoms with E-state index in [0.717, 1.165) is 38.7 Å². The second-order valence-corrected chi connectivity index (χ2v) is 10.5. The molecule has 0 radical (unpaired) electrons. The van der Waals surface area contributed by atoms with Crippen molar-refractivity contribution >= 4 is 46.5 Å². The molecule has 8 heteroatoms. The molecule has 2 aromatic heterocycles. The summed E-state index contributed by atoms with van der Waals surface area (Å²) in [5, 5.41) is 13.1. The van der Waals surface area contributed by atoms with Crippen molar-refractivity contribution in [3.05, 3.63) is 94.3 Å². The number of ether oxygens (including phenoxy) is 1. The van der Waals surface area contributed by atoms with E-state index in [1.54, 1.807) is 11.1 Å². The summed E-state index contributed by atoms with van der Waals surface area (Å²) < 4.78 is 6.34. The van der Waals surface area contributed by atoms with Gasteiger partial charge in [-0.25, -0.2) is 4.99 Å². The van der Waals surface area contributed by atoms with E-state index in [0.29, 0.717) is 48.9 Å². The van der Waals surface area contributed by atoms with Crippen molar-refractivity contribution in [2.75, 3.05) is 13.1 Å². The molecule has 39 heavy (non-hydrogen) atoms. The number of nitrogens with zero attached hydrogens (tertiary/aromatic N) is 3. The normalized spacial score (nSPS) is 18.6. The Hall–Kier alpha value is -3.94. The molecule has 0 spiro atoms. The van der Waals surface area contributed by atoms with Crippen molar-refractivity contribution in [2.45, 2.75) is 37.9 Å². The molecular weight excluding hydrogens is 512 g/mol. The molecule has 4 aromatic rings. The number of hydrogen-bond acceptors (Lipinski definition) is 5. The van der Waals surface area contributed by atoms with Gasteiger partial charge in [0.2, 0.25) is 0 Å². The molecule has 0 saturated carbocycles. The Labute approximate surface area is 231 Å². The first-order valence-electron chi connectivity index (χ1n) is 13.1. The standard InChI is InChI=1S/C31H29ClN4O3/c1-3-21(22-9-13-35-29(22)33-2)24-18-20(32)16-19-17-27(39-28(19)24)30(37)36-14-10-31(38,11-15-36)25-7-4-8-26-23(25)6-5-12-34-26/h3-9,12-13,16,18,27,35,38H,2,10-11,14-15,17H2,1H3/b21-3+. The molecule has 1 unspecified atom stereocenters. The van der Waals surface area contributed by atoms with Crippen LogP contribution in [-0.4, -0.2) is 51.8 Å². The van der Waals surface area contributed by atoms with Gasteiger partial charge in [-0.2, -0.15) is 0 Å². The summed E-state index contributed by atoms with van der Waals surface area (Å²) in [5.74, 6) is 1.25. The van der Waals surface area contributed by atoms with Crippen LogP contribution in [0.25, 0.3) is 16.5 Å². The summed E-state index contributed by atoms with van der Waals surface area (Å²) in [6, 6.07) is 15.4. The fraction of sp³-hybridized carbons (Fsp3) is 0.258. The molecule has 4 heterocycles. The first-order chi connectivity index (χ1) is 18.9. The Morgan fingerprint density at radius 1 is 1.23 bits per heavy atom. The molecule has 1 amide bonds. The number of aromatic amines is 1. The van der Waals surface area contributed by atoms with E-state index in [1.807, 2.05) is 67.7 Å². The van der Waals surface area contributed by atoms with E-state index in [4.69, 9.17) is 16.3 Å². The van der Waals surface area contributed by atoms with E-state index < -0.39 is 11.7 Å². The molecule has 6 rings (SSSR count). The van der Waals surface area contributed by atoms with Crippen LogP contribution in [0.15, 0.2) is 72.0 Å². The molecule has 2 N–H and O–H groups in total. The van der Waals surface area contributed by atoms with Crippen LogP contribution < -0.4 is 4.74 Å². The fourth-order valence-electron chi connectivity index (χ4n) is 5.91. The van der Waals surface area contributed by atoms with Gasteiger partial charge < -0.3 is 19.7 Å². The van der Waals surface area contributed by atoms with Crippen molar-refractivity contribution in [1.29, 1.82) is 0 Å². The molecule has 2 aliphatic heterocycles. The average molecular weight is 541 g/mol. The molecule has 7 nitrogen and oxygen atoms in total. The number of piperidine rings is 1. The van der Waals surface area contributed by atoms with Crippen LogP contribution in [0.2, 0.25) is 5.02 Å². The molecule has 2 aliphatic rings. The third-order valence-electron chi connectivity index (χ3n) is 7.87. The van der Waals surface area contributed by atoms with Crippen molar-refractivity contribution < 1.29 is 14.6 Å². The first-order valence-corrected chi connectivity index (χ1v) is 13.5. The minimum atomic E-state index is -1.02. The topological polar surface area (TPSA) is 90.8 Å². The number of aromatic nitrogens is 2. The summed E-state index contributed by atoms with van der Waals surface area (Å²) in [7, 11) is 0. The van der Waals surface area contributed by atoms with Crippen molar-refractivity contribution in [3.63, 3.8) is 0 Å². The number of aliphatic hydroxyl groups is 1. The average Bonchev–Trinajstić information content (AvgIpc) is 3.60. The predicted molar refractivity (Wildman–Crippen MR) is 154 cm³/mol. The number of nitrogens with one attached hydrogen (secondary N) is 1. The quantitative estimate of drug-likeness (QED) is 0.312. The van der Waals surface area contributed by atoms with Crippen LogP contribution >= 0.6 is 11.6 Å². The highest BCUT2D eigenvalue weighted by Gasteiger charge is 2.40. The van der Waals surface area contributed by atoms with Gasteiger partial charge in [-0.05, 0) is 68.0 Å². The highest BCUT2D eigenvalue weighted by atomic mass is 35.5. The zero-order chi connectivity index (χ0) is 27.1. The summed E-state index contributed by atoms with van der Waals surface area (Å²) in [4.78, 5) is 27.0. The van der Waals surface area contributed by atoms with Crippen LogP contribution in [0.5, 0.6) is 5.75 Å². The maximum Gasteiger partial charge on any atom is 0.263 e. The third kappa shape index (κ3) is 4.41. The highest BCUT2D eigenvalue weighted by Crippen LogP contribution is 2.43. The zero-order valence-electron chi connectivity index (χ0n) is 21.7. The lowest BCUT2D eigenvalue weighted by atomic mass is 9.82. The van der Waals surface area contributed by atoms with Gasteiger partial charge in [0.15, 0.2) is 6.10 Å². The van der Waals surface area contributed by atoms with Gasteiger partial charge in [0.05, 0.1) is 11.1 Å². The van der Waals surface area contributed by atoms with Crippen molar-refractivity contribution in [3.8, 4) is 5.75 Å². The number of fused-ring (bicyclic) bond motifs is 2. The molecule has 0 aliphatic carbocycles. The van der Waals surface area contributed by atoms with E-state index in [2.05, 4.69) is 21.7 Å². The summed E-state index contributed by atoms with van der Waals surface area (Å²) in [5.41, 5.74) is 4.19. The Morgan fingerprint density at radius 3 is 2.82 bits per heavy atom. The number of hydrogen-bond donors (Lipinski definition) is 2. The van der Waals surface area contributed by atoms with Gasteiger partial charge in [-0.3, -0.25) is 9.78 Å². The summed E-state index contributed by atoms with van der Waals surface area (Å²) in [6.45, 7) is 6.48. The maximum absolute atomic E-state index is 13.6. The van der Waals surface area contributed by atoms with Crippen LogP contribution in [0.3, 0.4) is 0 Å². The lowest BCUT2D eigenvalue weighted by Crippen LogP contribution is -2.49. The molecule has 2 aromatic carbocycles. The molecular formula is C31H29ClN4O3. The Balaban J connectivity index is 1.21. The monoisotopic (exact) mass is 540 g/mol. The van der Waals surface area contributed by atoms with Crippen molar-refractivity contribution in [2.24, 2.45) is 4.99 Å². The lowest BCUT2D eigenvalue weighted by molar-refractivity contribution is -0.142. The van der Waals surface area contributed by atoms with Gasteiger partial charge in [0, 0.05) is 59.0 Å². The number of pyridine rings is 1. The fourth-order valence-corrected chi connectivity index (χ4v) is 6.15. The number of likely N-dealkylation sites (tertiary alicyclic amines) is 1. The number of allylic oxidation sites excluding steroid dienone is 1. The van der Waals surface area contributed by atoms with E-state index in [1.165, 1.54) is 0 Å². The predicted octanol–water partition coefficient (Wildman–Crippen LogP) is 5.81. The van der Waals surface area contributed by atoms with Crippen LogP contribution in [-0.2, 0) is 16.8 Å². The van der Waals surface area contributed by atoms with Gasteiger partial charge >= 0.3 is 0 Å². The minimum Gasteiger partial charge on any atom is -0.479 e. The second kappa shape index (κ2) is 9.98.